The van der Waals surface area contributed by atoms with Gasteiger partial charge in [-0.05, 0) is 51.3 Å². The minimum absolute atomic E-state index is 0.115. The summed E-state index contributed by atoms with van der Waals surface area (Å²) >= 11 is 0. The molecule has 1 saturated carbocycles. The fraction of sp³-hybridized carbons (Fsp3) is 0.667. The lowest BCUT2D eigenvalue weighted by Crippen LogP contribution is -2.52. The quantitative estimate of drug-likeness (QED) is 0.776. The van der Waals surface area contributed by atoms with Crippen molar-refractivity contribution in [3.63, 3.8) is 0 Å². The number of likely N-dealkylation sites (tertiary alicyclic amines) is 1. The van der Waals surface area contributed by atoms with Crippen molar-refractivity contribution in [2.24, 2.45) is 0 Å². The van der Waals surface area contributed by atoms with E-state index in [1.807, 2.05) is 23.1 Å². The first-order chi connectivity index (χ1) is 14.7. The van der Waals surface area contributed by atoms with Crippen LogP contribution in [0.25, 0.3) is 5.65 Å². The average Bonchev–Trinajstić information content (AvgIpc) is 3.38. The predicted molar refractivity (Wildman–Crippen MR) is 119 cm³/mol. The van der Waals surface area contributed by atoms with Gasteiger partial charge in [-0.25, -0.2) is 4.98 Å². The summed E-state index contributed by atoms with van der Waals surface area (Å²) in [4.78, 5) is 25.5. The molecule has 4 heterocycles. The third-order valence-corrected chi connectivity index (χ3v) is 7.57. The van der Waals surface area contributed by atoms with Crippen molar-refractivity contribution in [1.29, 1.82) is 0 Å². The molecule has 3 aliphatic rings. The summed E-state index contributed by atoms with van der Waals surface area (Å²) in [5.74, 6) is 0.115. The minimum atomic E-state index is 0.115. The monoisotopic (exact) mass is 409 g/mol. The summed E-state index contributed by atoms with van der Waals surface area (Å²) in [6, 6.07) is 7.35. The Hall–Kier alpha value is -1.92. The second-order valence-electron chi connectivity index (χ2n) is 9.42. The van der Waals surface area contributed by atoms with Crippen molar-refractivity contribution in [3.8, 4) is 0 Å². The number of amides is 1. The molecular weight excluding hydrogens is 374 g/mol. The second-order valence-corrected chi connectivity index (χ2v) is 9.42. The summed E-state index contributed by atoms with van der Waals surface area (Å²) in [7, 11) is 0. The Morgan fingerprint density at radius 2 is 1.80 bits per heavy atom. The first-order valence-corrected chi connectivity index (χ1v) is 11.9. The number of hydrogen-bond acceptors (Lipinski definition) is 4. The molecular formula is C24H35N5O. The maximum absolute atomic E-state index is 13.5. The van der Waals surface area contributed by atoms with Crippen LogP contribution in [0.2, 0.25) is 0 Å². The van der Waals surface area contributed by atoms with E-state index in [-0.39, 0.29) is 5.91 Å². The largest absolute Gasteiger partial charge is 0.335 e. The van der Waals surface area contributed by atoms with Gasteiger partial charge in [-0.15, -0.1) is 0 Å². The van der Waals surface area contributed by atoms with Gasteiger partial charge in [0.25, 0.3) is 5.91 Å². The highest BCUT2D eigenvalue weighted by Crippen LogP contribution is 2.25. The molecule has 0 radical (unpaired) electrons. The van der Waals surface area contributed by atoms with Gasteiger partial charge in [-0.3, -0.25) is 14.6 Å². The lowest BCUT2D eigenvalue weighted by atomic mass is 9.94. The maximum Gasteiger partial charge on any atom is 0.274 e. The van der Waals surface area contributed by atoms with Crippen LogP contribution < -0.4 is 0 Å². The molecule has 0 unspecified atom stereocenters. The third kappa shape index (κ3) is 3.87. The lowest BCUT2D eigenvalue weighted by molar-refractivity contribution is 0.0517. The van der Waals surface area contributed by atoms with Crippen molar-refractivity contribution < 1.29 is 4.79 Å². The Bertz CT molecular complexity index is 879. The van der Waals surface area contributed by atoms with Gasteiger partial charge in [0.15, 0.2) is 5.69 Å². The molecule has 3 fully saturated rings. The van der Waals surface area contributed by atoms with Gasteiger partial charge in [0.05, 0.1) is 5.69 Å². The van der Waals surface area contributed by atoms with Crippen LogP contribution in [-0.2, 0) is 6.54 Å². The van der Waals surface area contributed by atoms with Gasteiger partial charge in [0, 0.05) is 51.0 Å². The first-order valence-electron chi connectivity index (χ1n) is 11.9. The Balaban J connectivity index is 1.34. The first kappa shape index (κ1) is 20.0. The predicted octanol–water partition coefficient (Wildman–Crippen LogP) is 3.41. The molecule has 0 bridgehead atoms. The summed E-state index contributed by atoms with van der Waals surface area (Å²) in [5.41, 5.74) is 2.59. The molecule has 30 heavy (non-hydrogen) atoms. The topological polar surface area (TPSA) is 44.1 Å². The Morgan fingerprint density at radius 1 is 1.00 bits per heavy atom. The highest BCUT2D eigenvalue weighted by molar-refractivity contribution is 5.94. The molecule has 0 aromatic carbocycles. The second kappa shape index (κ2) is 8.67. The highest BCUT2D eigenvalue weighted by Gasteiger charge is 2.31. The van der Waals surface area contributed by atoms with Crippen LogP contribution in [0.1, 0.15) is 68.1 Å². The highest BCUT2D eigenvalue weighted by atomic mass is 16.2. The van der Waals surface area contributed by atoms with Crippen molar-refractivity contribution in [1.82, 2.24) is 24.1 Å². The van der Waals surface area contributed by atoms with Crippen LogP contribution >= 0.6 is 0 Å². The fourth-order valence-corrected chi connectivity index (χ4v) is 5.68. The van der Waals surface area contributed by atoms with E-state index >= 15 is 0 Å². The van der Waals surface area contributed by atoms with Crippen LogP contribution in [0.5, 0.6) is 0 Å². The molecule has 0 spiro atoms. The van der Waals surface area contributed by atoms with Gasteiger partial charge in [0.1, 0.15) is 5.65 Å². The number of fused-ring (bicyclic) bond motifs is 1. The molecule has 2 aromatic rings. The smallest absolute Gasteiger partial charge is 0.274 e. The third-order valence-electron chi connectivity index (χ3n) is 7.57. The molecule has 1 atom stereocenters. The van der Waals surface area contributed by atoms with E-state index in [1.165, 1.54) is 44.9 Å². The normalized spacial score (nSPS) is 24.7. The van der Waals surface area contributed by atoms with Gasteiger partial charge >= 0.3 is 0 Å². The van der Waals surface area contributed by atoms with E-state index in [0.717, 1.165) is 56.7 Å². The summed E-state index contributed by atoms with van der Waals surface area (Å²) in [5, 5.41) is 0. The molecule has 2 saturated heterocycles. The van der Waals surface area contributed by atoms with E-state index < -0.39 is 0 Å². The van der Waals surface area contributed by atoms with E-state index in [4.69, 9.17) is 4.98 Å². The maximum atomic E-state index is 13.5. The number of carbonyl (C=O) groups excluding carboxylic acids is 1. The zero-order valence-corrected chi connectivity index (χ0v) is 18.3. The molecule has 0 N–H and O–H groups in total. The number of carbonyl (C=O) groups is 1. The summed E-state index contributed by atoms with van der Waals surface area (Å²) < 4.78 is 2.12. The number of aromatic nitrogens is 2. The summed E-state index contributed by atoms with van der Waals surface area (Å²) in [6.07, 6.45) is 11.3. The van der Waals surface area contributed by atoms with E-state index in [9.17, 15) is 4.79 Å². The zero-order valence-electron chi connectivity index (χ0n) is 18.3. The molecule has 2 aromatic heterocycles. The fourth-order valence-electron chi connectivity index (χ4n) is 5.68. The number of nitrogens with zero attached hydrogens (tertiary/aromatic N) is 5. The molecule has 2 aliphatic heterocycles. The van der Waals surface area contributed by atoms with Crippen LogP contribution in [0.4, 0.5) is 0 Å². The van der Waals surface area contributed by atoms with Crippen molar-refractivity contribution in [2.75, 3.05) is 32.7 Å². The van der Waals surface area contributed by atoms with E-state index in [2.05, 4.69) is 27.3 Å². The van der Waals surface area contributed by atoms with Gasteiger partial charge < -0.3 is 9.30 Å². The van der Waals surface area contributed by atoms with Crippen LogP contribution in [0.3, 0.4) is 0 Å². The van der Waals surface area contributed by atoms with Crippen molar-refractivity contribution in [2.45, 2.75) is 70.5 Å². The molecule has 6 nitrogen and oxygen atoms in total. The van der Waals surface area contributed by atoms with E-state index in [1.54, 1.807) is 0 Å². The van der Waals surface area contributed by atoms with Crippen molar-refractivity contribution >= 4 is 11.6 Å². The molecule has 1 aliphatic carbocycles. The number of rotatable bonds is 4. The molecule has 6 heteroatoms. The van der Waals surface area contributed by atoms with Crippen LogP contribution in [-0.4, -0.2) is 74.8 Å². The minimum Gasteiger partial charge on any atom is -0.335 e. The zero-order chi connectivity index (χ0) is 20.5. The SMILES string of the molecule is C[C@@H]1CCCN1Cc1c(C(=O)N2CCN(C3CCCCC3)CC2)nc2ccccn12. The Labute approximate surface area is 179 Å². The molecule has 162 valence electrons. The van der Waals surface area contributed by atoms with Gasteiger partial charge in [0.2, 0.25) is 0 Å². The number of piperazine rings is 1. The lowest BCUT2D eigenvalue weighted by Gasteiger charge is -2.40. The molecule has 1 amide bonds. The Kier molecular flexibility index (Phi) is 5.79. The van der Waals surface area contributed by atoms with Crippen LogP contribution in [0, 0.1) is 0 Å². The number of pyridine rings is 1. The average molecular weight is 410 g/mol. The summed E-state index contributed by atoms with van der Waals surface area (Å²) in [6.45, 7) is 7.85. The Morgan fingerprint density at radius 3 is 2.53 bits per heavy atom. The number of hydrogen-bond donors (Lipinski definition) is 0. The van der Waals surface area contributed by atoms with Gasteiger partial charge in [-0.2, -0.15) is 0 Å². The van der Waals surface area contributed by atoms with Crippen molar-refractivity contribution in [3.05, 3.63) is 35.8 Å². The van der Waals surface area contributed by atoms with Gasteiger partial charge in [-0.1, -0.05) is 25.3 Å². The standard InChI is InChI=1S/C24H35N5O/c1-19-8-7-12-28(19)18-21-23(25-22-11-5-6-13-29(21)22)24(30)27-16-14-26(15-17-27)20-9-3-2-4-10-20/h5-6,11,13,19-20H,2-4,7-10,12,14-18H2,1H3/t19-/m1/s1. The molecule has 5 rings (SSSR count). The number of imidazole rings is 1. The van der Waals surface area contributed by atoms with Crippen LogP contribution in [0.15, 0.2) is 24.4 Å². The van der Waals surface area contributed by atoms with E-state index in [0.29, 0.717) is 11.7 Å².